The molecule has 3 aromatic heterocycles. The number of nitrogens with zero attached hydrogens (tertiary/aromatic N) is 4. The van der Waals surface area contributed by atoms with Crippen molar-refractivity contribution in [2.24, 2.45) is 0 Å². The molecule has 0 atom stereocenters. The summed E-state index contributed by atoms with van der Waals surface area (Å²) < 4.78 is 1.79. The molecule has 0 saturated heterocycles. The third kappa shape index (κ3) is 2.52. The summed E-state index contributed by atoms with van der Waals surface area (Å²) in [7, 11) is 0. The van der Waals surface area contributed by atoms with Crippen molar-refractivity contribution in [2.45, 2.75) is 13.8 Å². The highest BCUT2D eigenvalue weighted by Gasteiger charge is 2.18. The standard InChI is InChI=1S/C19H16N6/c1-12-5-6-16(13(2)8-12)23-19-17(14-4-3-7-21-10-14)24-18-15(9-20)11-22-25(18)19/h3-8,10-11,22-23H,1-2H3. The summed E-state index contributed by atoms with van der Waals surface area (Å²) in [4.78, 5) is 8.85. The van der Waals surface area contributed by atoms with Crippen LogP contribution in [0.5, 0.6) is 0 Å². The topological polar surface area (TPSA) is 81.8 Å². The van der Waals surface area contributed by atoms with Gasteiger partial charge in [0.2, 0.25) is 0 Å². The maximum absolute atomic E-state index is 9.30. The number of aryl methyl sites for hydroxylation is 2. The van der Waals surface area contributed by atoms with Crippen LogP contribution in [0.25, 0.3) is 16.9 Å². The molecule has 4 aromatic rings. The van der Waals surface area contributed by atoms with Crippen LogP contribution < -0.4 is 5.32 Å². The largest absolute Gasteiger partial charge is 0.338 e. The number of anilines is 2. The Kier molecular flexibility index (Phi) is 3.47. The summed E-state index contributed by atoms with van der Waals surface area (Å²) in [6.45, 7) is 4.13. The van der Waals surface area contributed by atoms with Gasteiger partial charge in [-0.15, -0.1) is 0 Å². The van der Waals surface area contributed by atoms with Gasteiger partial charge in [-0.25, -0.2) is 9.50 Å². The molecule has 0 spiro atoms. The zero-order valence-corrected chi connectivity index (χ0v) is 13.9. The van der Waals surface area contributed by atoms with Crippen molar-refractivity contribution < 1.29 is 0 Å². The van der Waals surface area contributed by atoms with Gasteiger partial charge in [-0.2, -0.15) is 5.26 Å². The predicted octanol–water partition coefficient (Wildman–Crippen LogP) is 3.96. The zero-order valence-electron chi connectivity index (χ0n) is 13.9. The maximum Gasteiger partial charge on any atom is 0.173 e. The van der Waals surface area contributed by atoms with Crippen molar-refractivity contribution >= 4 is 17.2 Å². The molecule has 0 bridgehead atoms. The van der Waals surface area contributed by atoms with Crippen LogP contribution >= 0.6 is 0 Å². The van der Waals surface area contributed by atoms with Gasteiger partial charge in [-0.3, -0.25) is 10.1 Å². The lowest BCUT2D eigenvalue weighted by molar-refractivity contribution is 0.979. The van der Waals surface area contributed by atoms with Gasteiger partial charge in [0.05, 0.1) is 0 Å². The zero-order chi connectivity index (χ0) is 17.4. The fraction of sp³-hybridized carbons (Fsp3) is 0.105. The second kappa shape index (κ2) is 5.80. The molecular formula is C19H16N6. The van der Waals surface area contributed by atoms with E-state index in [-0.39, 0.29) is 0 Å². The Morgan fingerprint density at radius 2 is 2.12 bits per heavy atom. The van der Waals surface area contributed by atoms with Gasteiger partial charge in [0.25, 0.3) is 0 Å². The second-order valence-electron chi connectivity index (χ2n) is 5.95. The lowest BCUT2D eigenvalue weighted by Gasteiger charge is -2.11. The number of aromatic nitrogens is 4. The first kappa shape index (κ1) is 15.0. The molecule has 2 N–H and O–H groups in total. The van der Waals surface area contributed by atoms with Crippen molar-refractivity contribution in [3.63, 3.8) is 0 Å². The molecule has 25 heavy (non-hydrogen) atoms. The Morgan fingerprint density at radius 1 is 1.24 bits per heavy atom. The molecule has 4 rings (SSSR count). The highest BCUT2D eigenvalue weighted by atomic mass is 15.3. The van der Waals surface area contributed by atoms with E-state index in [1.165, 1.54) is 5.56 Å². The van der Waals surface area contributed by atoms with E-state index in [1.807, 2.05) is 18.2 Å². The predicted molar refractivity (Wildman–Crippen MR) is 96.7 cm³/mol. The van der Waals surface area contributed by atoms with Gasteiger partial charge < -0.3 is 5.32 Å². The van der Waals surface area contributed by atoms with Crippen LogP contribution in [0.4, 0.5) is 11.5 Å². The minimum Gasteiger partial charge on any atom is -0.338 e. The SMILES string of the molecule is Cc1ccc(Nc2c(-c3cccnc3)nc3c(C#N)c[nH]n23)c(C)c1. The first-order valence-electron chi connectivity index (χ1n) is 7.92. The molecule has 0 aliphatic carbocycles. The minimum atomic E-state index is 0.499. The summed E-state index contributed by atoms with van der Waals surface area (Å²) in [6.07, 6.45) is 5.15. The molecule has 0 unspecified atom stereocenters. The van der Waals surface area contributed by atoms with Crippen molar-refractivity contribution in [3.8, 4) is 17.3 Å². The van der Waals surface area contributed by atoms with E-state index < -0.39 is 0 Å². The smallest absolute Gasteiger partial charge is 0.173 e. The highest BCUT2D eigenvalue weighted by Crippen LogP contribution is 2.32. The molecule has 3 heterocycles. The quantitative estimate of drug-likeness (QED) is 0.596. The van der Waals surface area contributed by atoms with E-state index in [1.54, 1.807) is 23.1 Å². The van der Waals surface area contributed by atoms with Crippen molar-refractivity contribution in [1.82, 2.24) is 19.6 Å². The van der Waals surface area contributed by atoms with Crippen LogP contribution in [0.3, 0.4) is 0 Å². The van der Waals surface area contributed by atoms with Crippen LogP contribution in [0.1, 0.15) is 16.7 Å². The summed E-state index contributed by atoms with van der Waals surface area (Å²) in [6, 6.07) is 12.2. The third-order valence-electron chi connectivity index (χ3n) is 4.15. The number of nitriles is 1. The van der Waals surface area contributed by atoms with Crippen LogP contribution in [0, 0.1) is 25.2 Å². The fourth-order valence-corrected chi connectivity index (χ4v) is 2.90. The van der Waals surface area contributed by atoms with Crippen LogP contribution in [-0.2, 0) is 0 Å². The van der Waals surface area contributed by atoms with E-state index >= 15 is 0 Å². The minimum absolute atomic E-state index is 0.499. The van der Waals surface area contributed by atoms with E-state index in [0.717, 1.165) is 28.3 Å². The number of imidazole rings is 1. The number of nitrogens with one attached hydrogen (secondary N) is 2. The van der Waals surface area contributed by atoms with Crippen molar-refractivity contribution in [3.05, 3.63) is 65.6 Å². The Balaban J connectivity index is 1.91. The Morgan fingerprint density at radius 3 is 2.84 bits per heavy atom. The van der Waals surface area contributed by atoms with Gasteiger partial charge >= 0.3 is 0 Å². The maximum atomic E-state index is 9.30. The summed E-state index contributed by atoms with van der Waals surface area (Å²) >= 11 is 0. The van der Waals surface area contributed by atoms with Crippen LogP contribution in [0.15, 0.2) is 48.9 Å². The molecule has 122 valence electrons. The van der Waals surface area contributed by atoms with Crippen molar-refractivity contribution in [2.75, 3.05) is 5.32 Å². The average molecular weight is 328 g/mol. The third-order valence-corrected chi connectivity index (χ3v) is 4.15. The van der Waals surface area contributed by atoms with Gasteiger partial charge in [-0.1, -0.05) is 17.7 Å². The van der Waals surface area contributed by atoms with E-state index in [0.29, 0.717) is 11.2 Å². The molecule has 6 nitrogen and oxygen atoms in total. The Labute approximate surface area is 144 Å². The molecule has 1 aromatic carbocycles. The van der Waals surface area contributed by atoms with Crippen LogP contribution in [-0.4, -0.2) is 19.6 Å². The lowest BCUT2D eigenvalue weighted by Crippen LogP contribution is -1.99. The highest BCUT2D eigenvalue weighted by molar-refractivity contribution is 5.81. The molecule has 0 aliphatic rings. The molecule has 0 radical (unpaired) electrons. The van der Waals surface area contributed by atoms with E-state index in [2.05, 4.69) is 52.4 Å². The Bertz CT molecular complexity index is 1100. The second-order valence-corrected chi connectivity index (χ2v) is 5.95. The number of benzene rings is 1. The fourth-order valence-electron chi connectivity index (χ4n) is 2.90. The molecule has 0 amide bonds. The van der Waals surface area contributed by atoms with Gasteiger partial charge in [-0.05, 0) is 37.6 Å². The first-order valence-corrected chi connectivity index (χ1v) is 7.92. The monoisotopic (exact) mass is 328 g/mol. The Hall–Kier alpha value is -3.59. The number of fused-ring (bicyclic) bond motifs is 1. The summed E-state index contributed by atoms with van der Waals surface area (Å²) in [5.41, 5.74) is 6.06. The first-order chi connectivity index (χ1) is 12.2. The number of pyridine rings is 1. The lowest BCUT2D eigenvalue weighted by atomic mass is 10.1. The molecule has 0 saturated carbocycles. The van der Waals surface area contributed by atoms with Crippen molar-refractivity contribution in [1.29, 1.82) is 5.26 Å². The molecule has 6 heteroatoms. The average Bonchev–Trinajstić information content (AvgIpc) is 3.17. The van der Waals surface area contributed by atoms with E-state index in [4.69, 9.17) is 0 Å². The molecule has 0 aliphatic heterocycles. The number of rotatable bonds is 3. The van der Waals surface area contributed by atoms with E-state index in [9.17, 15) is 5.26 Å². The van der Waals surface area contributed by atoms with Gasteiger partial charge in [0, 0.05) is 29.8 Å². The summed E-state index contributed by atoms with van der Waals surface area (Å²) in [5, 5.41) is 15.9. The number of H-pyrrole nitrogens is 1. The van der Waals surface area contributed by atoms with Gasteiger partial charge in [0.15, 0.2) is 11.5 Å². The number of aromatic amines is 1. The number of hydrogen-bond donors (Lipinski definition) is 2. The molecule has 0 fully saturated rings. The normalized spacial score (nSPS) is 10.8. The summed E-state index contributed by atoms with van der Waals surface area (Å²) in [5.74, 6) is 0.774. The molecular weight excluding hydrogens is 312 g/mol. The van der Waals surface area contributed by atoms with Gasteiger partial charge in [0.1, 0.15) is 17.3 Å². The van der Waals surface area contributed by atoms with Crippen LogP contribution in [0.2, 0.25) is 0 Å². The number of hydrogen-bond acceptors (Lipinski definition) is 4.